The monoisotopic (exact) mass is 448 g/mol. The van der Waals surface area contributed by atoms with Gasteiger partial charge in [-0.15, -0.1) is 0 Å². The van der Waals surface area contributed by atoms with Crippen molar-refractivity contribution < 1.29 is 23.9 Å². The SMILES string of the molecule is CCCCCN(C(=O)COCc1ccccc1)C(=O)N(CC(C)CC)C(=O)OC(C)(C)C. The van der Waals surface area contributed by atoms with E-state index in [1.54, 1.807) is 20.8 Å². The highest BCUT2D eigenvalue weighted by atomic mass is 16.6. The first kappa shape index (κ1) is 27.6. The van der Waals surface area contributed by atoms with Gasteiger partial charge in [0.05, 0.1) is 6.61 Å². The number of hydrogen-bond donors (Lipinski definition) is 0. The number of urea groups is 1. The van der Waals surface area contributed by atoms with Gasteiger partial charge in [0.15, 0.2) is 0 Å². The Kier molecular flexibility index (Phi) is 12.0. The van der Waals surface area contributed by atoms with Crippen molar-refractivity contribution in [2.24, 2.45) is 5.92 Å². The summed E-state index contributed by atoms with van der Waals surface area (Å²) < 4.78 is 11.0. The first-order valence-corrected chi connectivity index (χ1v) is 11.6. The summed E-state index contributed by atoms with van der Waals surface area (Å²) in [5, 5.41) is 0. The molecule has 32 heavy (non-hydrogen) atoms. The summed E-state index contributed by atoms with van der Waals surface area (Å²) in [6.45, 7) is 11.7. The largest absolute Gasteiger partial charge is 0.443 e. The van der Waals surface area contributed by atoms with E-state index in [-0.39, 0.29) is 32.2 Å². The zero-order chi connectivity index (χ0) is 24.1. The molecule has 0 radical (unpaired) electrons. The summed E-state index contributed by atoms with van der Waals surface area (Å²) in [5.74, 6) is -0.381. The van der Waals surface area contributed by atoms with E-state index in [0.29, 0.717) is 6.42 Å². The van der Waals surface area contributed by atoms with Crippen LogP contribution in [0, 0.1) is 5.92 Å². The Morgan fingerprint density at radius 2 is 1.66 bits per heavy atom. The van der Waals surface area contributed by atoms with E-state index in [1.165, 1.54) is 0 Å². The van der Waals surface area contributed by atoms with Gasteiger partial charge in [0.1, 0.15) is 12.2 Å². The van der Waals surface area contributed by atoms with Crippen LogP contribution in [0.5, 0.6) is 0 Å². The molecule has 0 aliphatic rings. The fourth-order valence-corrected chi connectivity index (χ4v) is 2.89. The number of carbonyl (C=O) groups excluding carboxylic acids is 3. The zero-order valence-electron chi connectivity index (χ0n) is 20.6. The minimum atomic E-state index is -0.749. The van der Waals surface area contributed by atoms with Gasteiger partial charge in [-0.2, -0.15) is 0 Å². The van der Waals surface area contributed by atoms with Crippen LogP contribution in [-0.2, 0) is 20.9 Å². The molecule has 0 saturated heterocycles. The standard InChI is InChI=1S/C25H40N2O5/c1-7-9-13-16-26(22(28)19-31-18-21-14-11-10-12-15-21)23(29)27(17-20(3)8-2)24(30)32-25(4,5)6/h10-12,14-15,20H,7-9,13,16-19H2,1-6H3. The second-order valence-corrected chi connectivity index (χ2v) is 9.12. The van der Waals surface area contributed by atoms with Crippen molar-refractivity contribution in [3.63, 3.8) is 0 Å². The summed E-state index contributed by atoms with van der Waals surface area (Å²) in [7, 11) is 0. The highest BCUT2D eigenvalue weighted by Crippen LogP contribution is 2.16. The third-order valence-electron chi connectivity index (χ3n) is 4.89. The van der Waals surface area contributed by atoms with Crippen molar-refractivity contribution in [3.8, 4) is 0 Å². The first-order chi connectivity index (χ1) is 15.1. The molecule has 0 fully saturated rings. The average molecular weight is 449 g/mol. The maximum atomic E-state index is 13.4. The summed E-state index contributed by atoms with van der Waals surface area (Å²) in [6, 6.07) is 8.87. The molecule has 1 atom stereocenters. The molecule has 0 N–H and O–H groups in total. The lowest BCUT2D eigenvalue weighted by molar-refractivity contribution is -0.134. The number of carbonyl (C=O) groups is 3. The van der Waals surface area contributed by atoms with Gasteiger partial charge < -0.3 is 9.47 Å². The third kappa shape index (κ3) is 10.3. The Labute approximate surface area is 193 Å². The van der Waals surface area contributed by atoms with E-state index < -0.39 is 23.6 Å². The lowest BCUT2D eigenvalue weighted by Gasteiger charge is -2.31. The van der Waals surface area contributed by atoms with Crippen LogP contribution in [0.25, 0.3) is 0 Å². The molecule has 0 spiro atoms. The van der Waals surface area contributed by atoms with Gasteiger partial charge in [-0.05, 0) is 38.7 Å². The molecule has 0 heterocycles. The Morgan fingerprint density at radius 1 is 1.00 bits per heavy atom. The maximum Gasteiger partial charge on any atom is 0.418 e. The van der Waals surface area contributed by atoms with E-state index in [4.69, 9.17) is 9.47 Å². The minimum absolute atomic E-state index is 0.0772. The molecule has 0 aliphatic heterocycles. The number of ether oxygens (including phenoxy) is 2. The Bertz CT molecular complexity index is 715. The van der Waals surface area contributed by atoms with Crippen LogP contribution in [0.3, 0.4) is 0 Å². The molecule has 1 aromatic carbocycles. The average Bonchev–Trinajstić information content (AvgIpc) is 2.73. The van der Waals surface area contributed by atoms with Crippen LogP contribution in [0.15, 0.2) is 30.3 Å². The van der Waals surface area contributed by atoms with E-state index in [1.807, 2.05) is 51.1 Å². The van der Waals surface area contributed by atoms with Crippen LogP contribution < -0.4 is 0 Å². The van der Waals surface area contributed by atoms with Crippen molar-refractivity contribution in [1.29, 1.82) is 0 Å². The van der Waals surface area contributed by atoms with Crippen molar-refractivity contribution in [2.45, 2.75) is 79.4 Å². The second kappa shape index (κ2) is 13.9. The molecule has 1 unspecified atom stereocenters. The van der Waals surface area contributed by atoms with Gasteiger partial charge in [-0.1, -0.05) is 70.4 Å². The van der Waals surface area contributed by atoms with Crippen LogP contribution in [-0.4, -0.2) is 53.1 Å². The topological polar surface area (TPSA) is 76.2 Å². The number of unbranched alkanes of at least 4 members (excludes halogenated alkanes) is 2. The maximum absolute atomic E-state index is 13.4. The predicted octanol–water partition coefficient (Wildman–Crippen LogP) is 5.63. The highest BCUT2D eigenvalue weighted by molar-refractivity contribution is 6.01. The molecule has 7 nitrogen and oxygen atoms in total. The van der Waals surface area contributed by atoms with Crippen molar-refractivity contribution >= 4 is 18.0 Å². The number of rotatable bonds is 11. The Morgan fingerprint density at radius 3 is 2.22 bits per heavy atom. The summed E-state index contributed by atoms with van der Waals surface area (Å²) in [4.78, 5) is 41.3. The molecular formula is C25H40N2O5. The second-order valence-electron chi connectivity index (χ2n) is 9.12. The summed E-state index contributed by atoms with van der Waals surface area (Å²) in [6.07, 6.45) is 2.54. The lowest BCUT2D eigenvalue weighted by Crippen LogP contribution is -2.52. The van der Waals surface area contributed by atoms with Gasteiger partial charge in [0.25, 0.3) is 5.91 Å². The fraction of sp³-hybridized carbons (Fsp3) is 0.640. The summed E-state index contributed by atoms with van der Waals surface area (Å²) in [5.41, 5.74) is 0.192. The zero-order valence-corrected chi connectivity index (χ0v) is 20.6. The number of benzene rings is 1. The molecule has 1 rings (SSSR count). The van der Waals surface area contributed by atoms with E-state index in [9.17, 15) is 14.4 Å². The van der Waals surface area contributed by atoms with Crippen LogP contribution in [0.4, 0.5) is 9.59 Å². The van der Waals surface area contributed by atoms with Gasteiger partial charge in [-0.25, -0.2) is 14.5 Å². The Hall–Kier alpha value is -2.41. The van der Waals surface area contributed by atoms with Crippen LogP contribution >= 0.6 is 0 Å². The van der Waals surface area contributed by atoms with E-state index >= 15 is 0 Å². The van der Waals surface area contributed by atoms with Crippen molar-refractivity contribution in [2.75, 3.05) is 19.7 Å². The quantitative estimate of drug-likeness (QED) is 0.410. The molecule has 0 saturated carbocycles. The number of hydrogen-bond acceptors (Lipinski definition) is 5. The lowest BCUT2D eigenvalue weighted by atomic mass is 10.1. The van der Waals surface area contributed by atoms with E-state index in [0.717, 1.165) is 34.6 Å². The highest BCUT2D eigenvalue weighted by Gasteiger charge is 2.34. The summed E-state index contributed by atoms with van der Waals surface area (Å²) >= 11 is 0. The molecular weight excluding hydrogens is 408 g/mol. The van der Waals surface area contributed by atoms with Gasteiger partial charge >= 0.3 is 12.1 Å². The smallest absolute Gasteiger partial charge is 0.418 e. The van der Waals surface area contributed by atoms with E-state index in [2.05, 4.69) is 0 Å². The number of nitrogens with zero attached hydrogens (tertiary/aromatic N) is 2. The predicted molar refractivity (Wildman–Crippen MR) is 125 cm³/mol. The molecule has 0 aromatic heterocycles. The third-order valence-corrected chi connectivity index (χ3v) is 4.89. The van der Waals surface area contributed by atoms with Gasteiger partial charge in [-0.3, -0.25) is 9.69 Å². The molecule has 4 amide bonds. The van der Waals surface area contributed by atoms with Gasteiger partial charge in [0.2, 0.25) is 0 Å². The van der Waals surface area contributed by atoms with Crippen molar-refractivity contribution in [1.82, 2.24) is 9.80 Å². The minimum Gasteiger partial charge on any atom is -0.443 e. The molecule has 7 heteroatoms. The van der Waals surface area contributed by atoms with Crippen LogP contribution in [0.1, 0.15) is 72.8 Å². The normalized spacial score (nSPS) is 12.2. The molecule has 0 bridgehead atoms. The molecule has 1 aromatic rings. The number of amides is 4. The molecule has 0 aliphatic carbocycles. The molecule has 180 valence electrons. The fourth-order valence-electron chi connectivity index (χ4n) is 2.89. The first-order valence-electron chi connectivity index (χ1n) is 11.6. The Balaban J connectivity index is 2.96. The van der Waals surface area contributed by atoms with Gasteiger partial charge in [0, 0.05) is 13.1 Å². The van der Waals surface area contributed by atoms with Crippen LogP contribution in [0.2, 0.25) is 0 Å². The number of imide groups is 2. The van der Waals surface area contributed by atoms with Crippen molar-refractivity contribution in [3.05, 3.63) is 35.9 Å².